The van der Waals surface area contributed by atoms with Crippen LogP contribution in [-0.4, -0.2) is 13.1 Å². The van der Waals surface area contributed by atoms with E-state index < -0.39 is 0 Å². The highest BCUT2D eigenvalue weighted by Gasteiger charge is 2.24. The van der Waals surface area contributed by atoms with Gasteiger partial charge in [0.25, 0.3) is 0 Å². The molecule has 0 spiro atoms. The van der Waals surface area contributed by atoms with Gasteiger partial charge in [0.1, 0.15) is 0 Å². The van der Waals surface area contributed by atoms with Crippen LogP contribution in [0, 0.1) is 23.7 Å². The van der Waals surface area contributed by atoms with Crippen LogP contribution in [-0.2, 0) is 0 Å². The van der Waals surface area contributed by atoms with Crippen molar-refractivity contribution in [3.05, 3.63) is 0 Å². The molecule has 1 heteroatoms. The van der Waals surface area contributed by atoms with Crippen molar-refractivity contribution in [1.29, 1.82) is 0 Å². The van der Waals surface area contributed by atoms with Gasteiger partial charge in [-0.05, 0) is 43.2 Å². The third kappa shape index (κ3) is 5.90. The van der Waals surface area contributed by atoms with E-state index in [-0.39, 0.29) is 0 Å². The Balaban J connectivity index is 2.21. The van der Waals surface area contributed by atoms with Crippen molar-refractivity contribution >= 4 is 0 Å². The minimum absolute atomic E-state index is 0.778. The van der Waals surface area contributed by atoms with Crippen LogP contribution in [0.25, 0.3) is 0 Å². The first-order chi connectivity index (χ1) is 8.13. The molecule has 3 unspecified atom stereocenters. The minimum atomic E-state index is 0.778. The molecule has 0 heterocycles. The molecule has 0 amide bonds. The van der Waals surface area contributed by atoms with Gasteiger partial charge in [-0.15, -0.1) is 0 Å². The Morgan fingerprint density at radius 2 is 1.65 bits per heavy atom. The van der Waals surface area contributed by atoms with Gasteiger partial charge >= 0.3 is 0 Å². The van der Waals surface area contributed by atoms with Gasteiger partial charge < -0.3 is 5.32 Å². The zero-order valence-corrected chi connectivity index (χ0v) is 12.5. The van der Waals surface area contributed by atoms with Gasteiger partial charge in [0, 0.05) is 0 Å². The van der Waals surface area contributed by atoms with Crippen LogP contribution in [0.4, 0.5) is 0 Å². The standard InChI is InChI=1S/C16H33N/c1-5-15-8-6-7-9-16(15)10-14(4)12-17-11-13(2)3/h13-17H,5-12H2,1-4H3. The second-order valence-corrected chi connectivity index (χ2v) is 6.61. The molecule has 1 nitrogen and oxygen atoms in total. The predicted molar refractivity (Wildman–Crippen MR) is 77.2 cm³/mol. The third-order valence-corrected chi connectivity index (χ3v) is 4.34. The summed E-state index contributed by atoms with van der Waals surface area (Å²) in [5.74, 6) is 3.67. The Hall–Kier alpha value is -0.0400. The second-order valence-electron chi connectivity index (χ2n) is 6.61. The second kappa shape index (κ2) is 8.13. The molecular formula is C16H33N. The quantitative estimate of drug-likeness (QED) is 0.691. The van der Waals surface area contributed by atoms with E-state index in [1.807, 2.05) is 0 Å². The Bertz CT molecular complexity index is 188. The number of hydrogen-bond acceptors (Lipinski definition) is 1. The van der Waals surface area contributed by atoms with Crippen LogP contribution < -0.4 is 5.32 Å². The number of rotatable bonds is 7. The maximum Gasteiger partial charge on any atom is -0.00229 e. The smallest absolute Gasteiger partial charge is 0.00229 e. The molecule has 3 atom stereocenters. The summed E-state index contributed by atoms with van der Waals surface area (Å²) >= 11 is 0. The summed E-state index contributed by atoms with van der Waals surface area (Å²) in [6.45, 7) is 11.8. The van der Waals surface area contributed by atoms with Crippen LogP contribution >= 0.6 is 0 Å². The van der Waals surface area contributed by atoms with E-state index >= 15 is 0 Å². The van der Waals surface area contributed by atoms with Gasteiger partial charge in [0.05, 0.1) is 0 Å². The lowest BCUT2D eigenvalue weighted by Gasteiger charge is -2.32. The van der Waals surface area contributed by atoms with E-state index in [1.54, 1.807) is 0 Å². The van der Waals surface area contributed by atoms with E-state index in [1.165, 1.54) is 51.6 Å². The molecule has 1 rings (SSSR count). The monoisotopic (exact) mass is 239 g/mol. The lowest BCUT2D eigenvalue weighted by molar-refractivity contribution is 0.193. The van der Waals surface area contributed by atoms with Gasteiger partial charge in [-0.3, -0.25) is 0 Å². The zero-order chi connectivity index (χ0) is 12.7. The van der Waals surface area contributed by atoms with Crippen LogP contribution in [0.2, 0.25) is 0 Å². The molecule has 0 bridgehead atoms. The van der Waals surface area contributed by atoms with Gasteiger partial charge in [-0.2, -0.15) is 0 Å². The van der Waals surface area contributed by atoms with Crippen molar-refractivity contribution in [2.75, 3.05) is 13.1 Å². The molecule has 1 saturated carbocycles. The first-order valence-electron chi connectivity index (χ1n) is 7.84. The molecule has 0 aliphatic heterocycles. The molecule has 0 aromatic carbocycles. The van der Waals surface area contributed by atoms with E-state index in [4.69, 9.17) is 0 Å². The molecule has 0 saturated heterocycles. The molecule has 0 aromatic heterocycles. The molecule has 17 heavy (non-hydrogen) atoms. The average Bonchev–Trinajstić information content (AvgIpc) is 2.29. The van der Waals surface area contributed by atoms with Gasteiger partial charge in [0.2, 0.25) is 0 Å². The first kappa shape index (κ1) is 15.0. The average molecular weight is 239 g/mol. The van der Waals surface area contributed by atoms with Gasteiger partial charge in [-0.1, -0.05) is 59.8 Å². The summed E-state index contributed by atoms with van der Waals surface area (Å²) in [6.07, 6.45) is 8.79. The minimum Gasteiger partial charge on any atom is -0.316 e. The van der Waals surface area contributed by atoms with Crippen molar-refractivity contribution in [2.24, 2.45) is 23.7 Å². The molecule has 1 aliphatic rings. The Kier molecular flexibility index (Phi) is 7.18. The predicted octanol–water partition coefficient (Wildman–Crippen LogP) is 4.47. The number of hydrogen-bond donors (Lipinski definition) is 1. The van der Waals surface area contributed by atoms with Crippen molar-refractivity contribution in [2.45, 2.75) is 66.2 Å². The molecule has 0 aromatic rings. The maximum atomic E-state index is 3.61. The Morgan fingerprint density at radius 1 is 1.00 bits per heavy atom. The third-order valence-electron chi connectivity index (χ3n) is 4.34. The molecule has 1 aliphatic carbocycles. The van der Waals surface area contributed by atoms with Crippen LogP contribution in [0.3, 0.4) is 0 Å². The summed E-state index contributed by atoms with van der Waals surface area (Å²) in [7, 11) is 0. The Labute approximate surface area is 109 Å². The fourth-order valence-electron chi connectivity index (χ4n) is 3.35. The van der Waals surface area contributed by atoms with Crippen molar-refractivity contribution < 1.29 is 0 Å². The molecule has 1 N–H and O–H groups in total. The highest BCUT2D eigenvalue weighted by molar-refractivity contribution is 4.76. The van der Waals surface area contributed by atoms with Crippen molar-refractivity contribution in [1.82, 2.24) is 5.32 Å². The van der Waals surface area contributed by atoms with Crippen LogP contribution in [0.15, 0.2) is 0 Å². The molecule has 102 valence electrons. The summed E-state index contributed by atoms with van der Waals surface area (Å²) in [4.78, 5) is 0. The fourth-order valence-corrected chi connectivity index (χ4v) is 3.35. The molecule has 1 fully saturated rings. The van der Waals surface area contributed by atoms with E-state index in [0.717, 1.165) is 23.7 Å². The fraction of sp³-hybridized carbons (Fsp3) is 1.00. The highest BCUT2D eigenvalue weighted by Crippen LogP contribution is 2.36. The maximum absolute atomic E-state index is 3.61. The molecular weight excluding hydrogens is 206 g/mol. The van der Waals surface area contributed by atoms with Crippen molar-refractivity contribution in [3.8, 4) is 0 Å². The lowest BCUT2D eigenvalue weighted by Crippen LogP contribution is -2.28. The van der Waals surface area contributed by atoms with E-state index in [0.29, 0.717) is 0 Å². The first-order valence-corrected chi connectivity index (χ1v) is 7.84. The summed E-state index contributed by atoms with van der Waals surface area (Å²) in [5.41, 5.74) is 0. The summed E-state index contributed by atoms with van der Waals surface area (Å²) in [5, 5.41) is 3.61. The normalized spacial score (nSPS) is 27.4. The van der Waals surface area contributed by atoms with Crippen LogP contribution in [0.1, 0.15) is 66.2 Å². The van der Waals surface area contributed by atoms with Gasteiger partial charge in [0.15, 0.2) is 0 Å². The lowest BCUT2D eigenvalue weighted by atomic mass is 9.74. The van der Waals surface area contributed by atoms with Crippen molar-refractivity contribution in [3.63, 3.8) is 0 Å². The highest BCUT2D eigenvalue weighted by atomic mass is 14.9. The molecule has 0 radical (unpaired) electrons. The van der Waals surface area contributed by atoms with E-state index in [2.05, 4.69) is 33.0 Å². The topological polar surface area (TPSA) is 12.0 Å². The Morgan fingerprint density at radius 3 is 2.24 bits per heavy atom. The zero-order valence-electron chi connectivity index (χ0n) is 12.5. The van der Waals surface area contributed by atoms with E-state index in [9.17, 15) is 0 Å². The summed E-state index contributed by atoms with van der Waals surface area (Å²) in [6, 6.07) is 0. The van der Waals surface area contributed by atoms with Gasteiger partial charge in [-0.25, -0.2) is 0 Å². The summed E-state index contributed by atoms with van der Waals surface area (Å²) < 4.78 is 0. The largest absolute Gasteiger partial charge is 0.316 e. The van der Waals surface area contributed by atoms with Crippen LogP contribution in [0.5, 0.6) is 0 Å². The number of nitrogens with one attached hydrogen (secondary N) is 1. The SMILES string of the molecule is CCC1CCCCC1CC(C)CNCC(C)C.